The summed E-state index contributed by atoms with van der Waals surface area (Å²) in [5.41, 5.74) is 2.86. The van der Waals surface area contributed by atoms with Gasteiger partial charge >= 0.3 is 5.97 Å². The minimum absolute atomic E-state index is 0.141. The number of ether oxygens (including phenoxy) is 2. The van der Waals surface area contributed by atoms with E-state index < -0.39 is 0 Å². The Morgan fingerprint density at radius 3 is 2.63 bits per heavy atom. The van der Waals surface area contributed by atoms with Crippen LogP contribution in [0.25, 0.3) is 0 Å². The van der Waals surface area contributed by atoms with Gasteiger partial charge in [0.05, 0.1) is 23.2 Å². The maximum Gasteiger partial charge on any atom is 0.338 e. The Morgan fingerprint density at radius 2 is 1.90 bits per heavy atom. The molecule has 0 atom stereocenters. The number of carbonyl (C=O) groups is 2. The van der Waals surface area contributed by atoms with E-state index in [4.69, 9.17) is 21.1 Å². The molecule has 0 fully saturated rings. The van der Waals surface area contributed by atoms with Crippen molar-refractivity contribution in [2.45, 2.75) is 46.5 Å². The van der Waals surface area contributed by atoms with Gasteiger partial charge in [-0.2, -0.15) is 0 Å². The summed E-state index contributed by atoms with van der Waals surface area (Å²) in [7, 11) is 0. The van der Waals surface area contributed by atoms with Crippen LogP contribution in [0.4, 0.5) is 5.69 Å². The summed E-state index contributed by atoms with van der Waals surface area (Å²) in [6, 6.07) is 8.64. The molecule has 0 heterocycles. The van der Waals surface area contributed by atoms with Crippen molar-refractivity contribution in [1.82, 2.24) is 0 Å². The number of halogens is 2. The number of nitrogens with one attached hydrogen (secondary N) is 1. The van der Waals surface area contributed by atoms with Crippen LogP contribution in [-0.4, -0.2) is 25.1 Å². The smallest absolute Gasteiger partial charge is 0.338 e. The van der Waals surface area contributed by atoms with Crippen molar-refractivity contribution in [2.75, 3.05) is 18.5 Å². The van der Waals surface area contributed by atoms with Gasteiger partial charge in [-0.15, -0.1) is 0 Å². The molecular formula is C23H27BrClNO4. The van der Waals surface area contributed by atoms with Gasteiger partial charge in [-0.05, 0) is 78.0 Å². The van der Waals surface area contributed by atoms with Gasteiger partial charge in [0.2, 0.25) is 5.91 Å². The van der Waals surface area contributed by atoms with Crippen LogP contribution in [0.2, 0.25) is 5.02 Å². The molecule has 0 saturated carbocycles. The molecule has 2 aromatic carbocycles. The highest BCUT2D eigenvalue weighted by molar-refractivity contribution is 9.10. The molecule has 162 valence electrons. The first kappa shape index (κ1) is 24.2. The summed E-state index contributed by atoms with van der Waals surface area (Å²) in [6.07, 6.45) is 2.64. The maximum atomic E-state index is 12.2. The minimum Gasteiger partial charge on any atom is -0.492 e. The highest BCUT2D eigenvalue weighted by Gasteiger charge is 2.12. The van der Waals surface area contributed by atoms with Crippen molar-refractivity contribution < 1.29 is 19.1 Å². The number of hydrogen-bond acceptors (Lipinski definition) is 4. The third kappa shape index (κ3) is 7.03. The normalized spacial score (nSPS) is 10.6. The Labute approximate surface area is 191 Å². The van der Waals surface area contributed by atoms with Crippen LogP contribution in [0.3, 0.4) is 0 Å². The Morgan fingerprint density at radius 1 is 1.13 bits per heavy atom. The van der Waals surface area contributed by atoms with E-state index in [2.05, 4.69) is 21.2 Å². The van der Waals surface area contributed by atoms with Crippen molar-refractivity contribution in [3.05, 3.63) is 56.5 Å². The molecule has 0 bridgehead atoms. The molecule has 0 radical (unpaired) electrons. The molecule has 1 N–H and O–H groups in total. The topological polar surface area (TPSA) is 64.6 Å². The van der Waals surface area contributed by atoms with Gasteiger partial charge in [0, 0.05) is 17.1 Å². The summed E-state index contributed by atoms with van der Waals surface area (Å²) in [6.45, 7) is 6.68. The standard InChI is InChI=1S/C23H27BrClNO4/c1-4-5-11-30-23(28)17-8-6-9-18(14-17)26-20(27)10-7-12-29-19-13-15(2)22(25)16(3)21(19)24/h6,8-9,13-14H,4-5,7,10-12H2,1-3H3,(H,26,27). The molecule has 0 saturated heterocycles. The van der Waals surface area contributed by atoms with Crippen molar-refractivity contribution >= 4 is 45.1 Å². The predicted molar refractivity (Wildman–Crippen MR) is 124 cm³/mol. The quantitative estimate of drug-likeness (QED) is 0.302. The number of esters is 1. The van der Waals surface area contributed by atoms with E-state index in [-0.39, 0.29) is 11.9 Å². The summed E-state index contributed by atoms with van der Waals surface area (Å²) < 4.78 is 11.8. The summed E-state index contributed by atoms with van der Waals surface area (Å²) in [4.78, 5) is 24.3. The van der Waals surface area contributed by atoms with Crippen molar-refractivity contribution in [2.24, 2.45) is 0 Å². The van der Waals surface area contributed by atoms with Crippen molar-refractivity contribution in [3.8, 4) is 5.75 Å². The second-order valence-corrected chi connectivity index (χ2v) is 8.19. The zero-order chi connectivity index (χ0) is 22.1. The highest BCUT2D eigenvalue weighted by atomic mass is 79.9. The molecule has 2 rings (SSSR count). The number of benzene rings is 2. The molecule has 0 aliphatic rings. The molecule has 30 heavy (non-hydrogen) atoms. The van der Waals surface area contributed by atoms with Crippen molar-refractivity contribution in [3.63, 3.8) is 0 Å². The molecule has 0 unspecified atom stereocenters. The van der Waals surface area contributed by atoms with Gasteiger partial charge in [-0.3, -0.25) is 4.79 Å². The van der Waals surface area contributed by atoms with E-state index in [0.29, 0.717) is 48.1 Å². The first-order chi connectivity index (χ1) is 14.3. The lowest BCUT2D eigenvalue weighted by Crippen LogP contribution is -2.14. The molecule has 2 aromatic rings. The van der Waals surface area contributed by atoms with Crippen LogP contribution in [0.5, 0.6) is 5.75 Å². The Balaban J connectivity index is 1.81. The van der Waals surface area contributed by atoms with Gasteiger partial charge in [0.1, 0.15) is 5.75 Å². The van der Waals surface area contributed by atoms with Crippen LogP contribution in [-0.2, 0) is 9.53 Å². The third-order valence-electron chi connectivity index (χ3n) is 4.49. The van der Waals surface area contributed by atoms with Crippen molar-refractivity contribution in [1.29, 1.82) is 0 Å². The second kappa shape index (κ2) is 12.0. The van der Waals surface area contributed by atoms with Crippen LogP contribution < -0.4 is 10.1 Å². The lowest BCUT2D eigenvalue weighted by Gasteiger charge is -2.13. The van der Waals surface area contributed by atoms with E-state index in [1.165, 1.54) is 0 Å². The molecule has 5 nitrogen and oxygen atoms in total. The monoisotopic (exact) mass is 495 g/mol. The third-order valence-corrected chi connectivity index (χ3v) is 6.05. The number of hydrogen-bond donors (Lipinski definition) is 1. The average Bonchev–Trinajstić information content (AvgIpc) is 2.73. The molecule has 7 heteroatoms. The Hall–Kier alpha value is -2.05. The molecule has 0 aliphatic carbocycles. The first-order valence-corrected chi connectivity index (χ1v) is 11.2. The summed E-state index contributed by atoms with van der Waals surface area (Å²) in [5, 5.41) is 3.52. The number of rotatable bonds is 10. The van der Waals surface area contributed by atoms with Crippen LogP contribution >= 0.6 is 27.5 Å². The minimum atomic E-state index is -0.382. The van der Waals surface area contributed by atoms with Gasteiger partial charge in [0.25, 0.3) is 0 Å². The van der Waals surface area contributed by atoms with E-state index in [1.807, 2.05) is 26.8 Å². The number of amides is 1. The molecule has 0 aromatic heterocycles. The zero-order valence-electron chi connectivity index (χ0n) is 17.5. The highest BCUT2D eigenvalue weighted by Crippen LogP contribution is 2.35. The average molecular weight is 497 g/mol. The lowest BCUT2D eigenvalue weighted by molar-refractivity contribution is -0.116. The first-order valence-electron chi connectivity index (χ1n) is 9.98. The summed E-state index contributed by atoms with van der Waals surface area (Å²) >= 11 is 9.73. The fraction of sp³-hybridized carbons (Fsp3) is 0.391. The van der Waals surface area contributed by atoms with Gasteiger partial charge in [-0.1, -0.05) is 31.0 Å². The van der Waals surface area contributed by atoms with Crippen LogP contribution in [0.1, 0.15) is 54.1 Å². The Kier molecular flexibility index (Phi) is 9.66. The predicted octanol–water partition coefficient (Wildman–Crippen LogP) is 6.47. The molecule has 0 aliphatic heterocycles. The second-order valence-electron chi connectivity index (χ2n) is 7.02. The van der Waals surface area contributed by atoms with Gasteiger partial charge in [0.15, 0.2) is 0 Å². The van der Waals surface area contributed by atoms with E-state index >= 15 is 0 Å². The molecule has 0 spiro atoms. The van der Waals surface area contributed by atoms with Gasteiger partial charge < -0.3 is 14.8 Å². The van der Waals surface area contributed by atoms with Gasteiger partial charge in [-0.25, -0.2) is 4.79 Å². The molecular weight excluding hydrogens is 470 g/mol. The fourth-order valence-electron chi connectivity index (χ4n) is 2.76. The fourth-order valence-corrected chi connectivity index (χ4v) is 3.45. The number of carbonyl (C=O) groups excluding carboxylic acids is 2. The lowest BCUT2D eigenvalue weighted by atomic mass is 10.1. The van der Waals surface area contributed by atoms with E-state index in [0.717, 1.165) is 28.4 Å². The number of aryl methyl sites for hydroxylation is 1. The largest absolute Gasteiger partial charge is 0.492 e. The molecule has 1 amide bonds. The number of anilines is 1. The maximum absolute atomic E-state index is 12.2. The van der Waals surface area contributed by atoms with Crippen LogP contribution in [0.15, 0.2) is 34.8 Å². The number of unbranched alkanes of at least 4 members (excludes halogenated alkanes) is 1. The van der Waals surface area contributed by atoms with E-state index in [1.54, 1.807) is 24.3 Å². The van der Waals surface area contributed by atoms with Crippen LogP contribution in [0, 0.1) is 13.8 Å². The SMILES string of the molecule is CCCCOC(=O)c1cccc(NC(=O)CCCOc2cc(C)c(Cl)c(C)c2Br)c1. The summed E-state index contributed by atoms with van der Waals surface area (Å²) in [5.74, 6) is 0.189. The Bertz CT molecular complexity index is 901. The zero-order valence-corrected chi connectivity index (χ0v) is 19.9. The van der Waals surface area contributed by atoms with E-state index in [9.17, 15) is 9.59 Å².